The summed E-state index contributed by atoms with van der Waals surface area (Å²) in [6, 6.07) is 6.81. The van der Waals surface area contributed by atoms with E-state index in [2.05, 4.69) is 28.4 Å². The van der Waals surface area contributed by atoms with Gasteiger partial charge in [-0.1, -0.05) is 36.9 Å². The molecule has 6 nitrogen and oxygen atoms in total. The Balaban J connectivity index is 1.95. The Labute approximate surface area is 176 Å². The molecule has 0 radical (unpaired) electrons. The molecule has 0 spiro atoms. The van der Waals surface area contributed by atoms with Crippen molar-refractivity contribution in [3.63, 3.8) is 0 Å². The zero-order valence-corrected chi connectivity index (χ0v) is 17.0. The standard InChI is InChI=1S/C21H16ClN3O3S/c1-4-14-18(11(2)3)23-9-15(24-14)20(26)25-16-10-29-19(17(16)21(27)28)12-5-7-13(22)8-6-12/h4-10H,1-2H2,3H3,(H,25,26)(H,27,28). The number of amides is 1. The number of rotatable bonds is 6. The summed E-state index contributed by atoms with van der Waals surface area (Å²) in [4.78, 5) is 33.5. The predicted molar refractivity (Wildman–Crippen MR) is 117 cm³/mol. The van der Waals surface area contributed by atoms with Gasteiger partial charge in [0, 0.05) is 10.4 Å². The third-order valence-electron chi connectivity index (χ3n) is 3.99. The SMILES string of the molecule is C=Cc1nc(C(=O)Nc2csc(-c3ccc(Cl)cc3)c2C(=O)O)cnc1C(=C)C. The molecule has 1 amide bonds. The largest absolute Gasteiger partial charge is 0.478 e. The van der Waals surface area contributed by atoms with Gasteiger partial charge in [0.15, 0.2) is 0 Å². The van der Waals surface area contributed by atoms with Crippen LogP contribution >= 0.6 is 22.9 Å². The Hall–Kier alpha value is -3.29. The molecule has 8 heteroatoms. The van der Waals surface area contributed by atoms with Gasteiger partial charge in [-0.15, -0.1) is 11.3 Å². The number of aromatic carboxylic acids is 1. The lowest BCUT2D eigenvalue weighted by Gasteiger charge is -2.08. The van der Waals surface area contributed by atoms with E-state index < -0.39 is 11.9 Å². The summed E-state index contributed by atoms with van der Waals surface area (Å²) in [5, 5.41) is 14.4. The second-order valence-electron chi connectivity index (χ2n) is 6.09. The van der Waals surface area contributed by atoms with Crippen LogP contribution in [0.1, 0.15) is 39.2 Å². The molecule has 0 aliphatic heterocycles. The van der Waals surface area contributed by atoms with Crippen molar-refractivity contribution in [3.05, 3.63) is 76.7 Å². The fourth-order valence-corrected chi connectivity index (χ4v) is 3.77. The van der Waals surface area contributed by atoms with Crippen molar-refractivity contribution in [1.82, 2.24) is 9.97 Å². The molecule has 0 saturated heterocycles. The van der Waals surface area contributed by atoms with Gasteiger partial charge in [-0.25, -0.2) is 9.78 Å². The molecule has 3 rings (SSSR count). The maximum Gasteiger partial charge on any atom is 0.339 e. The van der Waals surface area contributed by atoms with E-state index in [0.29, 0.717) is 32.4 Å². The molecule has 3 aromatic rings. The summed E-state index contributed by atoms with van der Waals surface area (Å²) >= 11 is 7.12. The van der Waals surface area contributed by atoms with Gasteiger partial charge in [0.2, 0.25) is 0 Å². The first kappa shape index (κ1) is 20.4. The number of carboxylic acids is 1. The Morgan fingerprint density at radius 3 is 2.55 bits per heavy atom. The number of aromatic nitrogens is 2. The summed E-state index contributed by atoms with van der Waals surface area (Å²) in [5.74, 6) is -1.72. The summed E-state index contributed by atoms with van der Waals surface area (Å²) in [6.07, 6.45) is 2.80. The van der Waals surface area contributed by atoms with E-state index in [-0.39, 0.29) is 16.9 Å². The van der Waals surface area contributed by atoms with Crippen molar-refractivity contribution >= 4 is 52.2 Å². The van der Waals surface area contributed by atoms with E-state index in [9.17, 15) is 14.7 Å². The van der Waals surface area contributed by atoms with E-state index in [4.69, 9.17) is 11.6 Å². The van der Waals surface area contributed by atoms with Crippen LogP contribution in [-0.2, 0) is 0 Å². The summed E-state index contributed by atoms with van der Waals surface area (Å²) < 4.78 is 0. The fraction of sp³-hybridized carbons (Fsp3) is 0.0476. The molecule has 2 aromatic heterocycles. The second kappa shape index (κ2) is 8.38. The van der Waals surface area contributed by atoms with Gasteiger partial charge in [0.1, 0.15) is 11.3 Å². The average Bonchev–Trinajstić information content (AvgIpc) is 3.11. The number of nitrogens with one attached hydrogen (secondary N) is 1. The summed E-state index contributed by atoms with van der Waals surface area (Å²) in [7, 11) is 0. The quantitative estimate of drug-likeness (QED) is 0.545. The highest BCUT2D eigenvalue weighted by molar-refractivity contribution is 7.14. The van der Waals surface area contributed by atoms with Crippen molar-refractivity contribution in [2.24, 2.45) is 0 Å². The van der Waals surface area contributed by atoms with E-state index in [1.807, 2.05) is 0 Å². The first-order valence-electron chi connectivity index (χ1n) is 8.39. The molecule has 1 aromatic carbocycles. The minimum absolute atomic E-state index is 0.00105. The highest BCUT2D eigenvalue weighted by atomic mass is 35.5. The van der Waals surface area contributed by atoms with E-state index in [0.717, 1.165) is 0 Å². The third kappa shape index (κ3) is 4.26. The van der Waals surface area contributed by atoms with Crippen molar-refractivity contribution < 1.29 is 14.7 Å². The number of anilines is 1. The van der Waals surface area contributed by atoms with E-state index >= 15 is 0 Å². The Morgan fingerprint density at radius 1 is 1.28 bits per heavy atom. The van der Waals surface area contributed by atoms with Gasteiger partial charge < -0.3 is 10.4 Å². The van der Waals surface area contributed by atoms with Crippen LogP contribution in [-0.4, -0.2) is 27.0 Å². The van der Waals surface area contributed by atoms with Crippen molar-refractivity contribution in [1.29, 1.82) is 0 Å². The molecular weight excluding hydrogens is 410 g/mol. The van der Waals surface area contributed by atoms with Gasteiger partial charge in [0.25, 0.3) is 5.91 Å². The monoisotopic (exact) mass is 425 g/mol. The number of halogens is 1. The average molecular weight is 426 g/mol. The van der Waals surface area contributed by atoms with Gasteiger partial charge in [-0.3, -0.25) is 9.78 Å². The molecule has 2 N–H and O–H groups in total. The number of carbonyl (C=O) groups excluding carboxylic acids is 1. The molecule has 0 atom stereocenters. The minimum Gasteiger partial charge on any atom is -0.478 e. The number of hydrogen-bond donors (Lipinski definition) is 2. The van der Waals surface area contributed by atoms with Crippen LogP contribution in [0.3, 0.4) is 0 Å². The fourth-order valence-electron chi connectivity index (χ4n) is 2.65. The lowest BCUT2D eigenvalue weighted by molar-refractivity contribution is 0.0699. The second-order valence-corrected chi connectivity index (χ2v) is 7.41. The van der Waals surface area contributed by atoms with Crippen LogP contribution in [0, 0.1) is 0 Å². The summed E-state index contributed by atoms with van der Waals surface area (Å²) in [6.45, 7) is 9.28. The number of carboxylic acid groups (broad SMARTS) is 1. The Bertz CT molecular complexity index is 1140. The topological polar surface area (TPSA) is 92.2 Å². The minimum atomic E-state index is -1.15. The van der Waals surface area contributed by atoms with Gasteiger partial charge >= 0.3 is 5.97 Å². The van der Waals surface area contributed by atoms with Gasteiger partial charge in [-0.05, 0) is 36.3 Å². The first-order valence-corrected chi connectivity index (χ1v) is 9.65. The highest BCUT2D eigenvalue weighted by Crippen LogP contribution is 2.36. The third-order valence-corrected chi connectivity index (χ3v) is 5.27. The van der Waals surface area contributed by atoms with Crippen LogP contribution in [0.2, 0.25) is 5.02 Å². The Morgan fingerprint density at radius 2 is 1.97 bits per heavy atom. The van der Waals surface area contributed by atoms with Crippen molar-refractivity contribution in [2.45, 2.75) is 6.92 Å². The molecule has 0 fully saturated rings. The number of hydrogen-bond acceptors (Lipinski definition) is 5. The van der Waals surface area contributed by atoms with Gasteiger partial charge in [0.05, 0.1) is 28.1 Å². The summed E-state index contributed by atoms with van der Waals surface area (Å²) in [5.41, 5.74) is 2.58. The number of allylic oxidation sites excluding steroid dienone is 1. The highest BCUT2D eigenvalue weighted by Gasteiger charge is 2.22. The number of nitrogens with zero attached hydrogens (tertiary/aromatic N) is 2. The number of thiophene rings is 1. The normalized spacial score (nSPS) is 10.4. The zero-order chi connectivity index (χ0) is 21.1. The smallest absolute Gasteiger partial charge is 0.339 e. The molecular formula is C21H16ClN3O3S. The predicted octanol–water partition coefficient (Wildman–Crippen LogP) is 5.49. The van der Waals surface area contributed by atoms with Crippen molar-refractivity contribution in [2.75, 3.05) is 5.32 Å². The van der Waals surface area contributed by atoms with Crippen LogP contribution in [0.4, 0.5) is 5.69 Å². The number of carbonyl (C=O) groups is 2. The maximum atomic E-state index is 12.7. The number of benzene rings is 1. The molecule has 29 heavy (non-hydrogen) atoms. The van der Waals surface area contributed by atoms with Crippen LogP contribution in [0.5, 0.6) is 0 Å². The van der Waals surface area contributed by atoms with Crippen molar-refractivity contribution in [3.8, 4) is 10.4 Å². The van der Waals surface area contributed by atoms with Crippen LogP contribution < -0.4 is 5.32 Å². The molecule has 0 aliphatic rings. The van der Waals surface area contributed by atoms with E-state index in [1.165, 1.54) is 23.6 Å². The Kier molecular flexibility index (Phi) is 5.91. The first-order chi connectivity index (χ1) is 13.8. The molecule has 146 valence electrons. The lowest BCUT2D eigenvalue weighted by atomic mass is 10.1. The van der Waals surface area contributed by atoms with Crippen LogP contribution in [0.25, 0.3) is 22.1 Å². The van der Waals surface area contributed by atoms with Crippen LogP contribution in [0.15, 0.2) is 49.0 Å². The lowest BCUT2D eigenvalue weighted by Crippen LogP contribution is -2.16. The maximum absolute atomic E-state index is 12.7. The van der Waals surface area contributed by atoms with Gasteiger partial charge in [-0.2, -0.15) is 0 Å². The molecule has 2 heterocycles. The zero-order valence-electron chi connectivity index (χ0n) is 15.4. The molecule has 0 aliphatic carbocycles. The molecule has 0 unspecified atom stereocenters. The molecule has 0 bridgehead atoms. The van der Waals surface area contributed by atoms with E-state index in [1.54, 1.807) is 36.6 Å². The molecule has 0 saturated carbocycles.